The third kappa shape index (κ3) is 3.91. The molecule has 152 valence electrons. The van der Waals surface area contributed by atoms with E-state index in [1.165, 1.54) is 11.9 Å². The quantitative estimate of drug-likeness (QED) is 0.604. The van der Waals surface area contributed by atoms with Gasteiger partial charge in [-0.25, -0.2) is 4.79 Å². The molecule has 0 aliphatic rings. The fourth-order valence-electron chi connectivity index (χ4n) is 2.76. The highest BCUT2D eigenvalue weighted by Gasteiger charge is 2.28. The van der Waals surface area contributed by atoms with Gasteiger partial charge in [-0.15, -0.1) is 0 Å². The summed E-state index contributed by atoms with van der Waals surface area (Å²) >= 11 is 0. The number of carbonyl (C=O) groups is 2. The van der Waals surface area contributed by atoms with Gasteiger partial charge in [-0.2, -0.15) is 15.0 Å². The zero-order valence-corrected chi connectivity index (χ0v) is 16.8. The lowest BCUT2D eigenvalue weighted by atomic mass is 10.1. The van der Waals surface area contributed by atoms with E-state index in [4.69, 9.17) is 10.00 Å². The highest BCUT2D eigenvalue weighted by molar-refractivity contribution is 6.02. The molecule has 0 saturated heterocycles. The Morgan fingerprint density at radius 1 is 1.10 bits per heavy atom. The maximum Gasteiger partial charge on any atom is 0.359 e. The number of nitrogens with zero attached hydrogens (tertiary/aromatic N) is 4. The first-order chi connectivity index (χ1) is 14.3. The standard InChI is InChI=1S/C22H20N4O4/c1-22(2,14-23)25(3)18(27)13-30-21(29)19-16-11-7-8-12-17(16)20(28)26(24-19)15-9-5-4-6-10-15/h4-12H,13H2,1-3H3. The predicted octanol–water partition coefficient (Wildman–Crippen LogP) is 2.30. The van der Waals surface area contributed by atoms with Gasteiger partial charge in [-0.3, -0.25) is 9.59 Å². The molecule has 0 spiro atoms. The van der Waals surface area contributed by atoms with Crippen LogP contribution in [-0.4, -0.2) is 45.8 Å². The van der Waals surface area contributed by atoms with E-state index in [1.807, 2.05) is 6.07 Å². The summed E-state index contributed by atoms with van der Waals surface area (Å²) in [4.78, 5) is 39.1. The highest BCUT2D eigenvalue weighted by atomic mass is 16.5. The van der Waals surface area contributed by atoms with Crippen molar-refractivity contribution in [3.05, 3.63) is 70.6 Å². The summed E-state index contributed by atoms with van der Waals surface area (Å²) in [6, 6.07) is 17.3. The predicted molar refractivity (Wildman–Crippen MR) is 110 cm³/mol. The van der Waals surface area contributed by atoms with Crippen LogP contribution in [0.25, 0.3) is 16.5 Å². The first-order valence-corrected chi connectivity index (χ1v) is 9.19. The number of esters is 1. The largest absolute Gasteiger partial charge is 0.451 e. The maximum atomic E-state index is 12.9. The van der Waals surface area contributed by atoms with Gasteiger partial charge in [-0.1, -0.05) is 36.4 Å². The topological polar surface area (TPSA) is 105 Å². The Balaban J connectivity index is 1.97. The molecule has 0 N–H and O–H groups in total. The molecule has 8 nitrogen and oxygen atoms in total. The third-order valence-electron chi connectivity index (χ3n) is 4.81. The number of hydrogen-bond acceptors (Lipinski definition) is 6. The Labute approximate surface area is 172 Å². The Bertz CT molecular complexity index is 1210. The molecule has 8 heteroatoms. The molecule has 1 heterocycles. The molecule has 0 saturated carbocycles. The SMILES string of the molecule is CN(C(=O)COC(=O)c1nn(-c2ccccc2)c(=O)c2ccccc12)C(C)(C)C#N. The number of rotatable bonds is 5. The van der Waals surface area contributed by atoms with Crippen LogP contribution in [0.15, 0.2) is 59.4 Å². The minimum absolute atomic E-state index is 0.0796. The van der Waals surface area contributed by atoms with Crippen LogP contribution in [0.4, 0.5) is 0 Å². The number of amides is 1. The van der Waals surface area contributed by atoms with E-state index in [-0.39, 0.29) is 11.3 Å². The van der Waals surface area contributed by atoms with Crippen LogP contribution in [0.5, 0.6) is 0 Å². The van der Waals surface area contributed by atoms with E-state index in [0.717, 1.165) is 4.68 Å². The number of carbonyl (C=O) groups excluding carboxylic acids is 2. The van der Waals surface area contributed by atoms with E-state index >= 15 is 0 Å². The van der Waals surface area contributed by atoms with Crippen molar-refractivity contribution in [2.45, 2.75) is 19.4 Å². The van der Waals surface area contributed by atoms with Gasteiger partial charge in [-0.05, 0) is 32.0 Å². The second kappa shape index (κ2) is 8.17. The average Bonchev–Trinajstić information content (AvgIpc) is 2.77. The van der Waals surface area contributed by atoms with Gasteiger partial charge < -0.3 is 9.64 Å². The average molecular weight is 404 g/mol. The van der Waals surface area contributed by atoms with Crippen molar-refractivity contribution in [1.29, 1.82) is 5.26 Å². The van der Waals surface area contributed by atoms with Gasteiger partial charge in [0.25, 0.3) is 11.5 Å². The molecule has 1 amide bonds. The van der Waals surface area contributed by atoms with Gasteiger partial charge in [0.1, 0.15) is 5.54 Å². The number of para-hydroxylation sites is 1. The molecule has 0 atom stereocenters. The Hall–Kier alpha value is -3.99. The van der Waals surface area contributed by atoms with E-state index < -0.39 is 24.0 Å². The van der Waals surface area contributed by atoms with Crippen LogP contribution in [-0.2, 0) is 9.53 Å². The summed E-state index contributed by atoms with van der Waals surface area (Å²) in [5.74, 6) is -1.37. The van der Waals surface area contributed by atoms with E-state index in [9.17, 15) is 14.4 Å². The summed E-state index contributed by atoms with van der Waals surface area (Å²) in [5, 5.41) is 14.0. The second-order valence-electron chi connectivity index (χ2n) is 7.15. The number of nitriles is 1. The zero-order valence-electron chi connectivity index (χ0n) is 16.8. The molecular formula is C22H20N4O4. The second-order valence-corrected chi connectivity index (χ2v) is 7.15. The summed E-state index contributed by atoms with van der Waals surface area (Å²) in [6.07, 6.45) is 0. The number of hydrogen-bond donors (Lipinski definition) is 0. The molecule has 3 rings (SSSR count). The van der Waals surface area contributed by atoms with Crippen LogP contribution in [0.3, 0.4) is 0 Å². The lowest BCUT2D eigenvalue weighted by molar-refractivity contribution is -0.136. The Kier molecular flexibility index (Phi) is 5.65. The maximum absolute atomic E-state index is 12.9. The van der Waals surface area contributed by atoms with Crippen molar-refractivity contribution in [3.63, 3.8) is 0 Å². The van der Waals surface area contributed by atoms with Gasteiger partial charge in [0.15, 0.2) is 12.3 Å². The highest BCUT2D eigenvalue weighted by Crippen LogP contribution is 2.17. The number of likely N-dealkylation sites (N-methyl/N-ethyl adjacent to an activating group) is 1. The van der Waals surface area contributed by atoms with Crippen molar-refractivity contribution >= 4 is 22.6 Å². The molecule has 0 radical (unpaired) electrons. The molecule has 0 bridgehead atoms. The van der Waals surface area contributed by atoms with Gasteiger partial charge in [0, 0.05) is 12.4 Å². The first kappa shape index (κ1) is 20.7. The number of ether oxygens (including phenoxy) is 1. The number of fused-ring (bicyclic) bond motifs is 1. The monoisotopic (exact) mass is 404 g/mol. The molecule has 0 unspecified atom stereocenters. The summed E-state index contributed by atoms with van der Waals surface area (Å²) in [5.41, 5.74) is -1.01. The Morgan fingerprint density at radius 3 is 2.33 bits per heavy atom. The van der Waals surface area contributed by atoms with E-state index in [0.29, 0.717) is 16.5 Å². The fourth-order valence-corrected chi connectivity index (χ4v) is 2.76. The lowest BCUT2D eigenvalue weighted by Crippen LogP contribution is -2.45. The van der Waals surface area contributed by atoms with Crippen LogP contribution in [0, 0.1) is 11.3 Å². The molecule has 0 aliphatic heterocycles. The smallest absolute Gasteiger partial charge is 0.359 e. The van der Waals surface area contributed by atoms with E-state index in [1.54, 1.807) is 68.4 Å². The summed E-state index contributed by atoms with van der Waals surface area (Å²) < 4.78 is 6.30. The van der Waals surface area contributed by atoms with Crippen LogP contribution < -0.4 is 5.56 Å². The van der Waals surface area contributed by atoms with Crippen molar-refractivity contribution in [3.8, 4) is 11.8 Å². The minimum Gasteiger partial charge on any atom is -0.451 e. The molecule has 30 heavy (non-hydrogen) atoms. The lowest BCUT2D eigenvalue weighted by Gasteiger charge is -2.28. The molecule has 1 aromatic heterocycles. The number of benzene rings is 2. The van der Waals surface area contributed by atoms with Crippen molar-refractivity contribution < 1.29 is 14.3 Å². The first-order valence-electron chi connectivity index (χ1n) is 9.19. The van der Waals surface area contributed by atoms with Crippen molar-refractivity contribution in [1.82, 2.24) is 14.7 Å². The van der Waals surface area contributed by atoms with Crippen molar-refractivity contribution in [2.75, 3.05) is 13.7 Å². The minimum atomic E-state index is -1.05. The zero-order chi connectivity index (χ0) is 21.9. The molecule has 2 aromatic carbocycles. The van der Waals surface area contributed by atoms with Crippen LogP contribution in [0.2, 0.25) is 0 Å². The van der Waals surface area contributed by atoms with Crippen molar-refractivity contribution in [2.24, 2.45) is 0 Å². The van der Waals surface area contributed by atoms with Gasteiger partial charge in [0.2, 0.25) is 0 Å². The normalized spacial score (nSPS) is 11.0. The Morgan fingerprint density at radius 2 is 1.70 bits per heavy atom. The summed E-state index contributed by atoms with van der Waals surface area (Å²) in [6.45, 7) is 2.61. The third-order valence-corrected chi connectivity index (χ3v) is 4.81. The molecule has 3 aromatic rings. The molecule has 0 fully saturated rings. The van der Waals surface area contributed by atoms with Gasteiger partial charge in [0.05, 0.1) is 17.1 Å². The van der Waals surface area contributed by atoms with Gasteiger partial charge >= 0.3 is 5.97 Å². The summed E-state index contributed by atoms with van der Waals surface area (Å²) in [7, 11) is 1.46. The molecular weight excluding hydrogens is 384 g/mol. The van der Waals surface area contributed by atoms with Crippen LogP contribution in [0.1, 0.15) is 24.3 Å². The van der Waals surface area contributed by atoms with E-state index in [2.05, 4.69) is 5.10 Å². The molecule has 0 aliphatic carbocycles. The number of aromatic nitrogens is 2. The fraction of sp³-hybridized carbons (Fsp3) is 0.227. The van der Waals surface area contributed by atoms with Crippen LogP contribution >= 0.6 is 0 Å².